The summed E-state index contributed by atoms with van der Waals surface area (Å²) >= 11 is 0. The summed E-state index contributed by atoms with van der Waals surface area (Å²) in [5, 5.41) is 9.08. The Balaban J connectivity index is 2.73. The van der Waals surface area contributed by atoms with Crippen molar-refractivity contribution in [2.45, 2.75) is 5.92 Å². The summed E-state index contributed by atoms with van der Waals surface area (Å²) in [5.41, 5.74) is 6.69. The van der Waals surface area contributed by atoms with Crippen LogP contribution >= 0.6 is 0 Å². The van der Waals surface area contributed by atoms with E-state index < -0.39 is 0 Å². The van der Waals surface area contributed by atoms with Gasteiger partial charge in [0.1, 0.15) is 5.75 Å². The van der Waals surface area contributed by atoms with Crippen molar-refractivity contribution in [3.8, 4) is 5.75 Å². The molecule has 0 aliphatic carbocycles. The first-order chi connectivity index (χ1) is 6.27. The molecule has 0 saturated heterocycles. The molecule has 1 atom stereocenters. The molecule has 1 rings (SSSR count). The number of rotatable bonds is 4. The number of hydrogen-bond donors (Lipinski definition) is 2. The van der Waals surface area contributed by atoms with Crippen molar-refractivity contribution in [3.05, 3.63) is 29.8 Å². The molecule has 1 unspecified atom stereocenters. The van der Waals surface area contributed by atoms with Crippen molar-refractivity contribution >= 4 is 0 Å². The zero-order valence-electron chi connectivity index (χ0n) is 7.73. The van der Waals surface area contributed by atoms with E-state index >= 15 is 0 Å². The maximum Gasteiger partial charge on any atom is 0.115 e. The van der Waals surface area contributed by atoms with Crippen LogP contribution in [-0.4, -0.2) is 25.4 Å². The lowest BCUT2D eigenvalue weighted by molar-refractivity contribution is 0.181. The molecule has 0 amide bonds. The molecule has 0 fully saturated rings. The minimum Gasteiger partial charge on any atom is -0.508 e. The Kier molecular flexibility index (Phi) is 3.73. The highest BCUT2D eigenvalue weighted by atomic mass is 16.5. The number of phenols is 1. The second-order valence-corrected chi connectivity index (χ2v) is 2.98. The third-order valence-electron chi connectivity index (χ3n) is 2.02. The molecular formula is C10H15NO2. The smallest absolute Gasteiger partial charge is 0.115 e. The highest BCUT2D eigenvalue weighted by molar-refractivity contribution is 5.28. The Morgan fingerprint density at radius 1 is 1.38 bits per heavy atom. The van der Waals surface area contributed by atoms with Crippen LogP contribution in [0.1, 0.15) is 11.5 Å². The van der Waals surface area contributed by atoms with E-state index in [1.54, 1.807) is 19.2 Å². The quantitative estimate of drug-likeness (QED) is 0.730. The molecule has 13 heavy (non-hydrogen) atoms. The van der Waals surface area contributed by atoms with E-state index in [1.165, 1.54) is 0 Å². The molecule has 3 N–H and O–H groups in total. The molecular weight excluding hydrogens is 166 g/mol. The van der Waals surface area contributed by atoms with Crippen molar-refractivity contribution in [2.75, 3.05) is 20.3 Å². The van der Waals surface area contributed by atoms with E-state index in [9.17, 15) is 0 Å². The van der Waals surface area contributed by atoms with Gasteiger partial charge in [0.05, 0.1) is 6.61 Å². The molecule has 0 aliphatic heterocycles. The lowest BCUT2D eigenvalue weighted by Crippen LogP contribution is -2.17. The predicted octanol–water partition coefficient (Wildman–Crippen LogP) is 1.08. The molecule has 3 nitrogen and oxygen atoms in total. The summed E-state index contributed by atoms with van der Waals surface area (Å²) in [6.45, 7) is 1.17. The average molecular weight is 181 g/mol. The summed E-state index contributed by atoms with van der Waals surface area (Å²) in [6.07, 6.45) is 0. The van der Waals surface area contributed by atoms with Gasteiger partial charge in [0.2, 0.25) is 0 Å². The molecule has 0 aliphatic rings. The summed E-state index contributed by atoms with van der Waals surface area (Å²) in [6, 6.07) is 7.05. The van der Waals surface area contributed by atoms with Gasteiger partial charge in [-0.3, -0.25) is 0 Å². The highest BCUT2D eigenvalue weighted by Crippen LogP contribution is 2.17. The van der Waals surface area contributed by atoms with E-state index in [-0.39, 0.29) is 11.7 Å². The first kappa shape index (κ1) is 10.0. The zero-order chi connectivity index (χ0) is 9.68. The Hall–Kier alpha value is -1.06. The highest BCUT2D eigenvalue weighted by Gasteiger charge is 2.08. The number of ether oxygens (including phenoxy) is 1. The summed E-state index contributed by atoms with van der Waals surface area (Å²) in [4.78, 5) is 0. The third-order valence-corrected chi connectivity index (χ3v) is 2.02. The van der Waals surface area contributed by atoms with E-state index in [1.807, 2.05) is 12.1 Å². The zero-order valence-corrected chi connectivity index (χ0v) is 7.73. The largest absolute Gasteiger partial charge is 0.508 e. The molecule has 0 radical (unpaired) electrons. The lowest BCUT2D eigenvalue weighted by Gasteiger charge is -2.13. The van der Waals surface area contributed by atoms with Crippen molar-refractivity contribution < 1.29 is 9.84 Å². The van der Waals surface area contributed by atoms with E-state index in [2.05, 4.69) is 0 Å². The van der Waals surface area contributed by atoms with E-state index in [0.29, 0.717) is 13.2 Å². The number of hydrogen-bond acceptors (Lipinski definition) is 3. The number of nitrogens with two attached hydrogens (primary N) is 1. The third kappa shape index (κ3) is 2.72. The van der Waals surface area contributed by atoms with Crippen LogP contribution in [0.2, 0.25) is 0 Å². The van der Waals surface area contributed by atoms with Crippen LogP contribution in [0.4, 0.5) is 0 Å². The van der Waals surface area contributed by atoms with E-state index in [0.717, 1.165) is 5.56 Å². The standard InChI is InChI=1S/C10H15NO2/c1-13-7-9(6-11)8-2-4-10(12)5-3-8/h2-5,9,12H,6-7,11H2,1H3. The van der Waals surface area contributed by atoms with Gasteiger partial charge in [-0.1, -0.05) is 12.1 Å². The normalized spacial score (nSPS) is 12.8. The number of methoxy groups -OCH3 is 1. The molecule has 0 spiro atoms. The van der Waals surface area contributed by atoms with Gasteiger partial charge in [-0.05, 0) is 17.7 Å². The monoisotopic (exact) mass is 181 g/mol. The van der Waals surface area contributed by atoms with Crippen LogP contribution in [-0.2, 0) is 4.74 Å². The lowest BCUT2D eigenvalue weighted by atomic mass is 10.0. The first-order valence-corrected chi connectivity index (χ1v) is 4.26. The molecule has 0 heterocycles. The van der Waals surface area contributed by atoms with Gasteiger partial charge in [0.25, 0.3) is 0 Å². The van der Waals surface area contributed by atoms with Crippen LogP contribution < -0.4 is 5.73 Å². The van der Waals surface area contributed by atoms with E-state index in [4.69, 9.17) is 15.6 Å². The average Bonchev–Trinajstić information content (AvgIpc) is 2.16. The van der Waals surface area contributed by atoms with Crippen molar-refractivity contribution in [1.29, 1.82) is 0 Å². The van der Waals surface area contributed by atoms with Gasteiger partial charge in [-0.2, -0.15) is 0 Å². The molecule has 72 valence electrons. The van der Waals surface area contributed by atoms with Crippen molar-refractivity contribution in [1.82, 2.24) is 0 Å². The number of benzene rings is 1. The van der Waals surface area contributed by atoms with Gasteiger partial charge < -0.3 is 15.6 Å². The van der Waals surface area contributed by atoms with Gasteiger partial charge in [0, 0.05) is 19.6 Å². The predicted molar refractivity (Wildman–Crippen MR) is 51.8 cm³/mol. The Morgan fingerprint density at radius 3 is 2.46 bits per heavy atom. The second kappa shape index (κ2) is 4.84. The van der Waals surface area contributed by atoms with Crippen LogP contribution in [0.5, 0.6) is 5.75 Å². The topological polar surface area (TPSA) is 55.5 Å². The molecule has 1 aromatic rings. The molecule has 0 saturated carbocycles. The Labute approximate surface area is 78.1 Å². The molecule has 3 heteroatoms. The first-order valence-electron chi connectivity index (χ1n) is 4.26. The molecule has 0 bridgehead atoms. The molecule has 1 aromatic carbocycles. The second-order valence-electron chi connectivity index (χ2n) is 2.98. The van der Waals surface area contributed by atoms with Gasteiger partial charge in [0.15, 0.2) is 0 Å². The van der Waals surface area contributed by atoms with Gasteiger partial charge >= 0.3 is 0 Å². The fourth-order valence-electron chi connectivity index (χ4n) is 1.25. The van der Waals surface area contributed by atoms with Gasteiger partial charge in [-0.25, -0.2) is 0 Å². The van der Waals surface area contributed by atoms with Crippen molar-refractivity contribution in [3.63, 3.8) is 0 Å². The van der Waals surface area contributed by atoms with Crippen LogP contribution in [0.15, 0.2) is 24.3 Å². The van der Waals surface area contributed by atoms with Crippen molar-refractivity contribution in [2.24, 2.45) is 5.73 Å². The van der Waals surface area contributed by atoms with Crippen LogP contribution in [0, 0.1) is 0 Å². The Morgan fingerprint density at radius 2 is 2.00 bits per heavy atom. The maximum absolute atomic E-state index is 9.08. The summed E-state index contributed by atoms with van der Waals surface area (Å²) in [7, 11) is 1.66. The summed E-state index contributed by atoms with van der Waals surface area (Å²) in [5.74, 6) is 0.488. The number of phenolic OH excluding ortho intramolecular Hbond substituents is 1. The minimum absolute atomic E-state index is 0.214. The van der Waals surface area contributed by atoms with Crippen LogP contribution in [0.3, 0.4) is 0 Å². The van der Waals surface area contributed by atoms with Crippen LogP contribution in [0.25, 0.3) is 0 Å². The molecule has 0 aromatic heterocycles. The maximum atomic E-state index is 9.08. The SMILES string of the molecule is COCC(CN)c1ccc(O)cc1. The minimum atomic E-state index is 0.214. The fraction of sp³-hybridized carbons (Fsp3) is 0.400. The fourth-order valence-corrected chi connectivity index (χ4v) is 1.25. The summed E-state index contributed by atoms with van der Waals surface area (Å²) < 4.78 is 5.04. The Bertz CT molecular complexity index is 246. The number of aromatic hydroxyl groups is 1. The van der Waals surface area contributed by atoms with Gasteiger partial charge in [-0.15, -0.1) is 0 Å².